The Labute approximate surface area is 193 Å². The van der Waals surface area contributed by atoms with Crippen LogP contribution in [0.3, 0.4) is 0 Å². The minimum absolute atomic E-state index is 0.0682. The lowest BCUT2D eigenvalue weighted by Crippen LogP contribution is -2.50. The number of anilines is 2. The SMILES string of the molecule is N[C@H](C(=O)Nc1ccc(S(=O)(=O)NC2CC(F)(F)C2)c(N2CC[C@@H](O)C2)c1)C1CCCCC1. The number of carbonyl (C=O) groups excluding carboxylic acids is 1. The quantitative estimate of drug-likeness (QED) is 0.468. The molecule has 3 fully saturated rings. The van der Waals surface area contributed by atoms with Gasteiger partial charge in [-0.25, -0.2) is 21.9 Å². The largest absolute Gasteiger partial charge is 0.391 e. The number of nitrogens with two attached hydrogens (primary N) is 1. The summed E-state index contributed by atoms with van der Waals surface area (Å²) in [6.07, 6.45) is 3.90. The molecule has 0 aromatic heterocycles. The number of hydrogen-bond acceptors (Lipinski definition) is 6. The highest BCUT2D eigenvalue weighted by Gasteiger charge is 2.47. The van der Waals surface area contributed by atoms with Crippen molar-refractivity contribution in [2.45, 2.75) is 80.4 Å². The molecule has 1 saturated heterocycles. The van der Waals surface area contributed by atoms with Crippen molar-refractivity contribution in [1.82, 2.24) is 4.72 Å². The number of aliphatic hydroxyl groups is 1. The first-order valence-electron chi connectivity index (χ1n) is 11.6. The molecule has 2 atom stereocenters. The molecule has 4 rings (SSSR count). The van der Waals surface area contributed by atoms with E-state index in [2.05, 4.69) is 10.0 Å². The van der Waals surface area contributed by atoms with Crippen molar-refractivity contribution < 1.29 is 27.1 Å². The molecular formula is C22H32F2N4O4S. The van der Waals surface area contributed by atoms with E-state index < -0.39 is 47.0 Å². The fourth-order valence-electron chi connectivity index (χ4n) is 4.99. The Morgan fingerprint density at radius 1 is 1.18 bits per heavy atom. The molecule has 2 saturated carbocycles. The Morgan fingerprint density at radius 3 is 2.48 bits per heavy atom. The Morgan fingerprint density at radius 2 is 1.88 bits per heavy atom. The molecule has 1 heterocycles. The van der Waals surface area contributed by atoms with Crippen LogP contribution in [0.25, 0.3) is 0 Å². The summed E-state index contributed by atoms with van der Waals surface area (Å²) in [5.74, 6) is -3.04. The number of hydrogen-bond donors (Lipinski definition) is 4. The lowest BCUT2D eigenvalue weighted by molar-refractivity contribution is -0.118. The predicted octanol–water partition coefficient (Wildman–Crippen LogP) is 2.18. The van der Waals surface area contributed by atoms with Gasteiger partial charge < -0.3 is 21.1 Å². The van der Waals surface area contributed by atoms with Gasteiger partial charge in [0.05, 0.1) is 17.8 Å². The molecule has 1 aromatic rings. The summed E-state index contributed by atoms with van der Waals surface area (Å²) in [4.78, 5) is 14.4. The van der Waals surface area contributed by atoms with E-state index in [9.17, 15) is 27.1 Å². The van der Waals surface area contributed by atoms with Crippen molar-refractivity contribution in [2.75, 3.05) is 23.3 Å². The molecular weight excluding hydrogens is 454 g/mol. The zero-order valence-electron chi connectivity index (χ0n) is 18.5. The lowest BCUT2D eigenvalue weighted by atomic mass is 9.84. The summed E-state index contributed by atoms with van der Waals surface area (Å²) in [5, 5.41) is 12.8. The van der Waals surface area contributed by atoms with Crippen molar-refractivity contribution in [3.63, 3.8) is 0 Å². The summed E-state index contributed by atoms with van der Waals surface area (Å²) < 4.78 is 54.7. The van der Waals surface area contributed by atoms with Crippen LogP contribution < -0.4 is 20.7 Å². The molecule has 0 spiro atoms. The second-order valence-corrected chi connectivity index (χ2v) is 11.2. The maximum absolute atomic E-state index is 13.2. The third kappa shape index (κ3) is 5.64. The van der Waals surface area contributed by atoms with Crippen LogP contribution in [-0.2, 0) is 14.8 Å². The number of nitrogens with zero attached hydrogens (tertiary/aromatic N) is 1. The molecule has 1 amide bonds. The molecule has 3 aliphatic rings. The van der Waals surface area contributed by atoms with Crippen LogP contribution in [0.4, 0.5) is 20.2 Å². The van der Waals surface area contributed by atoms with Gasteiger partial charge in [0.2, 0.25) is 15.9 Å². The monoisotopic (exact) mass is 486 g/mol. The molecule has 2 aliphatic carbocycles. The van der Waals surface area contributed by atoms with E-state index >= 15 is 0 Å². The number of amides is 1. The summed E-state index contributed by atoms with van der Waals surface area (Å²) in [7, 11) is -4.08. The topological polar surface area (TPSA) is 125 Å². The fourth-order valence-corrected chi connectivity index (χ4v) is 6.43. The van der Waals surface area contributed by atoms with Gasteiger partial charge in [-0.1, -0.05) is 19.3 Å². The van der Waals surface area contributed by atoms with Crippen LogP contribution in [0.5, 0.6) is 0 Å². The van der Waals surface area contributed by atoms with Crippen molar-refractivity contribution in [3.05, 3.63) is 18.2 Å². The number of aliphatic hydroxyl groups excluding tert-OH is 1. The minimum Gasteiger partial charge on any atom is -0.391 e. The molecule has 184 valence electrons. The summed E-state index contributed by atoms with van der Waals surface area (Å²) in [5.41, 5.74) is 6.91. The number of nitrogens with one attached hydrogen (secondary N) is 2. The van der Waals surface area contributed by atoms with Gasteiger partial charge in [0, 0.05) is 37.7 Å². The maximum atomic E-state index is 13.2. The average molecular weight is 487 g/mol. The highest BCUT2D eigenvalue weighted by molar-refractivity contribution is 7.89. The Hall–Kier alpha value is -1.82. The number of carbonyl (C=O) groups is 1. The molecule has 1 aromatic carbocycles. The fraction of sp³-hybridized carbons (Fsp3) is 0.682. The van der Waals surface area contributed by atoms with E-state index in [0.717, 1.165) is 32.1 Å². The van der Waals surface area contributed by atoms with Crippen LogP contribution in [0.15, 0.2) is 23.1 Å². The molecule has 1 aliphatic heterocycles. The minimum atomic E-state index is -4.08. The molecule has 0 bridgehead atoms. The van der Waals surface area contributed by atoms with Gasteiger partial charge in [-0.3, -0.25) is 4.79 Å². The normalized spacial score (nSPS) is 25.0. The third-order valence-electron chi connectivity index (χ3n) is 6.89. The van der Waals surface area contributed by atoms with Gasteiger partial charge in [-0.05, 0) is 43.4 Å². The molecule has 8 nitrogen and oxygen atoms in total. The first-order chi connectivity index (χ1) is 15.5. The number of rotatable bonds is 7. The number of halogens is 2. The van der Waals surface area contributed by atoms with E-state index in [1.54, 1.807) is 11.0 Å². The standard InChI is InChI=1S/C22H32F2N4O4S/c23-22(24)11-16(12-22)27-33(31,32)19-7-6-15(10-18(19)28-9-8-17(29)13-28)26-21(30)20(25)14-4-2-1-3-5-14/h6-7,10,14,16-17,20,27,29H,1-5,8-9,11-13,25H2,(H,26,30)/t17-,20+/m1/s1. The molecule has 0 unspecified atom stereocenters. The zero-order chi connectivity index (χ0) is 23.8. The van der Waals surface area contributed by atoms with Crippen LogP contribution in [0.2, 0.25) is 0 Å². The van der Waals surface area contributed by atoms with Gasteiger partial charge in [0.15, 0.2) is 0 Å². The van der Waals surface area contributed by atoms with Crippen molar-refractivity contribution in [3.8, 4) is 0 Å². The van der Waals surface area contributed by atoms with Crippen LogP contribution in [0.1, 0.15) is 51.4 Å². The second-order valence-electron chi connectivity index (χ2n) is 9.57. The van der Waals surface area contributed by atoms with Gasteiger partial charge in [-0.15, -0.1) is 0 Å². The van der Waals surface area contributed by atoms with Crippen LogP contribution in [0, 0.1) is 5.92 Å². The van der Waals surface area contributed by atoms with E-state index in [0.29, 0.717) is 24.3 Å². The molecule has 0 radical (unpaired) electrons. The summed E-state index contributed by atoms with van der Waals surface area (Å²) in [6.45, 7) is 0.674. The van der Waals surface area contributed by atoms with E-state index in [4.69, 9.17) is 5.73 Å². The second kappa shape index (κ2) is 9.44. The van der Waals surface area contributed by atoms with Gasteiger partial charge in [0.25, 0.3) is 5.92 Å². The first-order valence-corrected chi connectivity index (χ1v) is 13.1. The van der Waals surface area contributed by atoms with Crippen molar-refractivity contribution in [1.29, 1.82) is 0 Å². The highest BCUT2D eigenvalue weighted by atomic mass is 32.2. The molecule has 5 N–H and O–H groups in total. The van der Waals surface area contributed by atoms with Gasteiger partial charge in [0.1, 0.15) is 4.90 Å². The van der Waals surface area contributed by atoms with Crippen LogP contribution in [-0.4, -0.2) is 56.6 Å². The van der Waals surface area contributed by atoms with Gasteiger partial charge >= 0.3 is 0 Å². The lowest BCUT2D eigenvalue weighted by Gasteiger charge is -2.35. The average Bonchev–Trinajstić information content (AvgIpc) is 3.18. The Balaban J connectivity index is 1.54. The smallest absolute Gasteiger partial charge is 0.251 e. The maximum Gasteiger partial charge on any atom is 0.251 e. The third-order valence-corrected chi connectivity index (χ3v) is 8.46. The van der Waals surface area contributed by atoms with Gasteiger partial charge in [-0.2, -0.15) is 0 Å². The van der Waals surface area contributed by atoms with E-state index in [-0.39, 0.29) is 23.3 Å². The van der Waals surface area contributed by atoms with Crippen molar-refractivity contribution in [2.24, 2.45) is 11.7 Å². The predicted molar refractivity (Wildman–Crippen MR) is 121 cm³/mol. The van der Waals surface area contributed by atoms with Crippen LogP contribution >= 0.6 is 0 Å². The zero-order valence-corrected chi connectivity index (χ0v) is 19.3. The summed E-state index contributed by atoms with van der Waals surface area (Å²) >= 11 is 0. The first kappa shape index (κ1) is 24.3. The molecule has 11 heteroatoms. The number of sulfonamides is 1. The summed E-state index contributed by atoms with van der Waals surface area (Å²) in [6, 6.07) is 2.92. The number of benzene rings is 1. The number of alkyl halides is 2. The van der Waals surface area contributed by atoms with Crippen molar-refractivity contribution >= 4 is 27.3 Å². The highest BCUT2D eigenvalue weighted by Crippen LogP contribution is 2.39. The molecule has 33 heavy (non-hydrogen) atoms. The number of β-amino-alcohol motifs (C(OH)–C–C–N with tert-alkyl or cyclic N) is 1. The van der Waals surface area contributed by atoms with E-state index in [1.165, 1.54) is 12.1 Å². The van der Waals surface area contributed by atoms with E-state index in [1.807, 2.05) is 0 Å². The Kier molecular flexibility index (Phi) is 6.95. The Bertz CT molecular complexity index is 977.